The number of esters is 1. The van der Waals surface area contributed by atoms with E-state index in [0.717, 1.165) is 5.70 Å². The number of hydrogen-bond acceptors (Lipinski definition) is 6. The van der Waals surface area contributed by atoms with Crippen LogP contribution in [0.25, 0.3) is 0 Å². The third-order valence-corrected chi connectivity index (χ3v) is 2.31. The van der Waals surface area contributed by atoms with Crippen molar-refractivity contribution in [3.63, 3.8) is 0 Å². The van der Waals surface area contributed by atoms with Crippen LogP contribution in [0.5, 0.6) is 0 Å². The van der Waals surface area contributed by atoms with Gasteiger partial charge in [-0.3, -0.25) is 5.01 Å². The molecular weight excluding hydrogens is 260 g/mol. The molecule has 0 heterocycles. The van der Waals surface area contributed by atoms with Gasteiger partial charge in [-0.1, -0.05) is 12.2 Å². The van der Waals surface area contributed by atoms with Crippen LogP contribution in [0.2, 0.25) is 0 Å². The first-order valence-electron chi connectivity index (χ1n) is 6.60. The Balaban J connectivity index is 4.78. The van der Waals surface area contributed by atoms with Crippen LogP contribution in [-0.4, -0.2) is 55.3 Å². The van der Waals surface area contributed by atoms with Gasteiger partial charge < -0.3 is 14.6 Å². The number of aliphatic hydroxyl groups is 1. The third-order valence-electron chi connectivity index (χ3n) is 2.31. The van der Waals surface area contributed by atoms with Crippen LogP contribution in [0.1, 0.15) is 20.8 Å². The van der Waals surface area contributed by atoms with Crippen LogP contribution < -0.4 is 0 Å². The summed E-state index contributed by atoms with van der Waals surface area (Å²) in [6, 6.07) is 0. The fourth-order valence-corrected chi connectivity index (χ4v) is 1.34. The molecule has 6 heteroatoms. The molecule has 6 nitrogen and oxygen atoms in total. The predicted octanol–water partition coefficient (Wildman–Crippen LogP) is 1.33. The number of hydrazone groups is 1. The molecule has 0 amide bonds. The van der Waals surface area contributed by atoms with Crippen molar-refractivity contribution >= 4 is 11.7 Å². The summed E-state index contributed by atoms with van der Waals surface area (Å²) in [6.45, 7) is 6.42. The van der Waals surface area contributed by atoms with Gasteiger partial charge in [-0.25, -0.2) is 4.79 Å². The minimum absolute atomic E-state index is 0.0353. The summed E-state index contributed by atoms with van der Waals surface area (Å²) < 4.78 is 10.0. The first-order chi connectivity index (χ1) is 9.60. The zero-order chi connectivity index (χ0) is 15.4. The van der Waals surface area contributed by atoms with E-state index < -0.39 is 12.6 Å². The van der Waals surface area contributed by atoms with E-state index in [1.807, 2.05) is 32.1 Å². The van der Waals surface area contributed by atoms with Crippen molar-refractivity contribution in [2.24, 2.45) is 5.10 Å². The summed E-state index contributed by atoms with van der Waals surface area (Å²) in [5.74, 6) is -0.615. The Hall–Kier alpha value is -1.66. The second-order valence-electron chi connectivity index (χ2n) is 3.72. The molecule has 0 fully saturated rings. The first kappa shape index (κ1) is 18.3. The Labute approximate surface area is 120 Å². The largest absolute Gasteiger partial charge is 0.461 e. The van der Waals surface area contributed by atoms with E-state index in [9.17, 15) is 4.79 Å². The number of ether oxygens (including phenoxy) is 2. The molecule has 0 aliphatic rings. The van der Waals surface area contributed by atoms with Crippen LogP contribution in [0, 0.1) is 0 Å². The number of nitrogens with zero attached hydrogens (tertiary/aromatic N) is 2. The minimum atomic E-state index is -0.615. The lowest BCUT2D eigenvalue weighted by Gasteiger charge is -2.15. The maximum Gasteiger partial charge on any atom is 0.356 e. The standard InChI is InChI=1S/C14H24N2O4/c1-5-12(9-8-10-19-6-2)16(4)15-13(11-17)14(18)20-7-3/h5,8-9,17H,6-7,10-11H2,1-4H3/b9-8-,12-5+,15-13+. The molecule has 0 aromatic heterocycles. The molecule has 0 unspecified atom stereocenters. The summed E-state index contributed by atoms with van der Waals surface area (Å²) >= 11 is 0. The van der Waals surface area contributed by atoms with Gasteiger partial charge in [0.2, 0.25) is 0 Å². The monoisotopic (exact) mass is 284 g/mol. The molecular formula is C14H24N2O4. The van der Waals surface area contributed by atoms with Crippen LogP contribution in [0.15, 0.2) is 29.0 Å². The van der Waals surface area contributed by atoms with Crippen LogP contribution >= 0.6 is 0 Å². The summed E-state index contributed by atoms with van der Waals surface area (Å²) in [5.41, 5.74) is 0.742. The third kappa shape index (κ3) is 7.06. The lowest BCUT2D eigenvalue weighted by atomic mass is 10.3. The van der Waals surface area contributed by atoms with Gasteiger partial charge in [0.1, 0.15) is 0 Å². The van der Waals surface area contributed by atoms with E-state index in [1.165, 1.54) is 5.01 Å². The fraction of sp³-hybridized carbons (Fsp3) is 0.571. The quantitative estimate of drug-likeness (QED) is 0.227. The zero-order valence-corrected chi connectivity index (χ0v) is 12.6. The van der Waals surface area contributed by atoms with Gasteiger partial charge in [-0.15, -0.1) is 0 Å². The average Bonchev–Trinajstić information content (AvgIpc) is 2.44. The lowest BCUT2D eigenvalue weighted by molar-refractivity contribution is -0.135. The van der Waals surface area contributed by atoms with Gasteiger partial charge in [-0.05, 0) is 26.8 Å². The SMILES string of the molecule is C/C=C(\C=C/COCC)N(C)/N=C(\CO)C(=O)OCC. The van der Waals surface area contributed by atoms with Crippen molar-refractivity contribution < 1.29 is 19.4 Å². The van der Waals surface area contributed by atoms with Crippen LogP contribution in [0.4, 0.5) is 0 Å². The highest BCUT2D eigenvalue weighted by molar-refractivity contribution is 6.36. The van der Waals surface area contributed by atoms with Crippen molar-refractivity contribution in [2.45, 2.75) is 20.8 Å². The summed E-state index contributed by atoms with van der Waals surface area (Å²) in [4.78, 5) is 11.5. The molecule has 0 spiro atoms. The van der Waals surface area contributed by atoms with Crippen LogP contribution in [0.3, 0.4) is 0 Å². The molecule has 0 aliphatic carbocycles. The highest BCUT2D eigenvalue weighted by Gasteiger charge is 2.13. The smallest absolute Gasteiger partial charge is 0.356 e. The molecule has 0 bridgehead atoms. The molecule has 0 aromatic carbocycles. The van der Waals surface area contributed by atoms with E-state index in [1.54, 1.807) is 14.0 Å². The maximum atomic E-state index is 11.5. The highest BCUT2D eigenvalue weighted by Crippen LogP contribution is 2.05. The molecule has 0 rings (SSSR count). The Kier molecular flexibility index (Phi) is 10.3. The number of aliphatic hydroxyl groups excluding tert-OH is 1. The molecule has 0 atom stereocenters. The van der Waals surface area contributed by atoms with Gasteiger partial charge in [0.05, 0.1) is 25.5 Å². The fourth-order valence-electron chi connectivity index (χ4n) is 1.34. The molecule has 0 saturated heterocycles. The van der Waals surface area contributed by atoms with E-state index in [0.29, 0.717) is 13.2 Å². The number of likely N-dealkylation sites (N-methyl/N-ethyl adjacent to an activating group) is 1. The molecule has 0 radical (unpaired) electrons. The van der Waals surface area contributed by atoms with Gasteiger partial charge in [0.15, 0.2) is 5.71 Å². The second kappa shape index (κ2) is 11.2. The van der Waals surface area contributed by atoms with Crippen molar-refractivity contribution in [3.05, 3.63) is 23.9 Å². The number of rotatable bonds is 9. The van der Waals surface area contributed by atoms with Gasteiger partial charge in [0, 0.05) is 13.7 Å². The van der Waals surface area contributed by atoms with Crippen molar-refractivity contribution in [3.8, 4) is 0 Å². The Morgan fingerprint density at radius 3 is 2.55 bits per heavy atom. The molecule has 114 valence electrons. The van der Waals surface area contributed by atoms with Crippen molar-refractivity contribution in [1.29, 1.82) is 0 Å². The van der Waals surface area contributed by atoms with E-state index in [4.69, 9.17) is 14.6 Å². The topological polar surface area (TPSA) is 71.4 Å². The molecule has 20 heavy (non-hydrogen) atoms. The van der Waals surface area contributed by atoms with Crippen molar-refractivity contribution in [2.75, 3.05) is 33.5 Å². The molecule has 1 N–H and O–H groups in total. The maximum absolute atomic E-state index is 11.5. The van der Waals surface area contributed by atoms with E-state index in [2.05, 4.69) is 5.10 Å². The number of carbonyl (C=O) groups excluding carboxylic acids is 1. The Morgan fingerprint density at radius 1 is 1.35 bits per heavy atom. The second-order valence-corrected chi connectivity index (χ2v) is 3.72. The molecule has 0 saturated carbocycles. The highest BCUT2D eigenvalue weighted by atomic mass is 16.5. The van der Waals surface area contributed by atoms with E-state index >= 15 is 0 Å². The first-order valence-corrected chi connectivity index (χ1v) is 6.60. The van der Waals surface area contributed by atoms with Gasteiger partial charge in [0.25, 0.3) is 0 Å². The normalized spacial score (nSPS) is 12.8. The molecule has 0 aromatic rings. The average molecular weight is 284 g/mol. The van der Waals surface area contributed by atoms with Gasteiger partial charge in [-0.2, -0.15) is 5.10 Å². The summed E-state index contributed by atoms with van der Waals surface area (Å²) in [6.07, 6.45) is 5.53. The van der Waals surface area contributed by atoms with Crippen LogP contribution in [-0.2, 0) is 14.3 Å². The summed E-state index contributed by atoms with van der Waals surface area (Å²) in [7, 11) is 1.69. The zero-order valence-electron chi connectivity index (χ0n) is 12.6. The Morgan fingerprint density at radius 2 is 2.05 bits per heavy atom. The molecule has 0 aliphatic heterocycles. The van der Waals surface area contributed by atoms with Crippen molar-refractivity contribution in [1.82, 2.24) is 5.01 Å². The summed E-state index contributed by atoms with van der Waals surface area (Å²) in [5, 5.41) is 14.7. The number of carbonyl (C=O) groups is 1. The number of allylic oxidation sites excluding steroid dienone is 2. The predicted molar refractivity (Wildman–Crippen MR) is 78.3 cm³/mol. The number of hydrogen-bond donors (Lipinski definition) is 1. The lowest BCUT2D eigenvalue weighted by Crippen LogP contribution is -2.25. The van der Waals surface area contributed by atoms with E-state index in [-0.39, 0.29) is 12.3 Å². The van der Waals surface area contributed by atoms with Gasteiger partial charge >= 0.3 is 5.97 Å². The Bertz CT molecular complexity index is 375. The minimum Gasteiger partial charge on any atom is -0.461 e.